The predicted octanol–water partition coefficient (Wildman–Crippen LogP) is 5.98. The molecule has 0 spiro atoms. The van der Waals surface area contributed by atoms with Crippen LogP contribution in [0.3, 0.4) is 0 Å². The lowest BCUT2D eigenvalue weighted by atomic mass is 9.98. The molecule has 0 saturated carbocycles. The highest BCUT2D eigenvalue weighted by molar-refractivity contribution is 6.00. The molecule has 4 aliphatic heterocycles. The van der Waals surface area contributed by atoms with E-state index in [0.717, 1.165) is 88.0 Å². The van der Waals surface area contributed by atoms with Crippen molar-refractivity contribution in [3.05, 3.63) is 106 Å². The molecule has 17 heteroatoms. The highest BCUT2D eigenvalue weighted by Crippen LogP contribution is 2.39. The Hall–Kier alpha value is -6.66. The van der Waals surface area contributed by atoms with Gasteiger partial charge < -0.3 is 30.3 Å². The van der Waals surface area contributed by atoms with Crippen LogP contribution in [-0.2, 0) is 6.54 Å². The van der Waals surface area contributed by atoms with Crippen LogP contribution in [0.2, 0.25) is 0 Å². The van der Waals surface area contributed by atoms with Gasteiger partial charge >= 0.3 is 11.7 Å². The number of benzene rings is 4. The van der Waals surface area contributed by atoms with Gasteiger partial charge in [0.25, 0.3) is 0 Å². The van der Waals surface area contributed by atoms with E-state index >= 15 is 4.39 Å². The minimum atomic E-state index is -0.576. The van der Waals surface area contributed by atoms with Crippen molar-refractivity contribution < 1.29 is 24.4 Å². The lowest BCUT2D eigenvalue weighted by Crippen LogP contribution is -2.51. The van der Waals surface area contributed by atoms with Crippen molar-refractivity contribution in [3.8, 4) is 51.6 Å². The molecule has 0 aliphatic carbocycles. The zero-order chi connectivity index (χ0) is 46.8. The second-order valence-corrected chi connectivity index (χ2v) is 19.3. The molecule has 4 atom stereocenters. The van der Waals surface area contributed by atoms with E-state index < -0.39 is 11.5 Å². The second kappa shape index (κ2) is 17.8. The van der Waals surface area contributed by atoms with Gasteiger partial charge in [0, 0.05) is 94.4 Å². The maximum atomic E-state index is 17.0. The van der Waals surface area contributed by atoms with Crippen LogP contribution in [0.15, 0.2) is 83.8 Å². The number of ether oxygens (including phenoxy) is 1. The number of rotatable bonds is 11. The summed E-state index contributed by atoms with van der Waals surface area (Å²) in [4.78, 5) is 36.9. The molecule has 0 amide bonds. The number of nitrogens with zero attached hydrogens (tertiary/aromatic N) is 9. The van der Waals surface area contributed by atoms with Gasteiger partial charge in [0.2, 0.25) is 0 Å². The van der Waals surface area contributed by atoms with Crippen LogP contribution in [0.25, 0.3) is 50.0 Å². The van der Waals surface area contributed by atoms with Gasteiger partial charge in [0.05, 0.1) is 16.6 Å². The van der Waals surface area contributed by atoms with Crippen LogP contribution in [0.5, 0.6) is 23.3 Å². The van der Waals surface area contributed by atoms with Crippen LogP contribution in [-0.4, -0.2) is 143 Å². The maximum absolute atomic E-state index is 17.0. The van der Waals surface area contributed by atoms with Gasteiger partial charge in [-0.25, -0.2) is 18.9 Å². The predicted molar refractivity (Wildman–Crippen MR) is 258 cm³/mol. The first-order valence-corrected chi connectivity index (χ1v) is 23.7. The van der Waals surface area contributed by atoms with Crippen LogP contribution >= 0.6 is 0 Å². The van der Waals surface area contributed by atoms with E-state index in [1.807, 2.05) is 62.4 Å². The Morgan fingerprint density at radius 1 is 0.868 bits per heavy atom. The monoisotopic (exact) mass is 921 g/mol. The number of anilines is 1. The zero-order valence-electron chi connectivity index (χ0n) is 38.4. The molecule has 5 N–H and O–H groups in total. The van der Waals surface area contributed by atoms with E-state index in [9.17, 15) is 20.1 Å². The largest absolute Gasteiger partial charge is 0.508 e. The standard InChI is InChI=1S/C51H56FN11O5/c1-29(2)39-21-41(44(66)22-43(39)65)49-57-58-51(67)63(49)34-12-8-30(9-13-34)24-60-14-16-61(17-15-60)35-19-36(59(3)27-35)28-68-50-55-47-42(48(56-50)62-25-32-10-11-33(26-62)54-32)23-53-46(45(47)52)40-20-37(64)18-31-6-4-5-7-38(31)40/h4-9,12-13,18,20-23,29,32-33,35-36,54,64-66H,10-11,14-17,19,24-28H2,1-3H3,(H,58,67)/t32?,33?,35-,36-/m0/s1. The first-order valence-electron chi connectivity index (χ1n) is 23.7. The van der Waals surface area contributed by atoms with Gasteiger partial charge in [-0.05, 0) is 84.5 Å². The summed E-state index contributed by atoms with van der Waals surface area (Å²) in [5, 5.41) is 44.3. The number of hydrogen-bond acceptors (Lipinski definition) is 14. The third-order valence-corrected chi connectivity index (χ3v) is 14.5. The number of halogens is 1. The molecule has 352 valence electrons. The van der Waals surface area contributed by atoms with Crippen LogP contribution in [0, 0.1) is 5.82 Å². The quantitative estimate of drug-likeness (QED) is 0.102. The molecule has 4 saturated heterocycles. The zero-order valence-corrected chi connectivity index (χ0v) is 38.4. The van der Waals surface area contributed by atoms with Crippen molar-refractivity contribution in [1.29, 1.82) is 0 Å². The number of aromatic amines is 1. The molecule has 68 heavy (non-hydrogen) atoms. The number of likely N-dealkylation sites (N-methyl/N-ethyl adjacent to an activating group) is 1. The first kappa shape index (κ1) is 43.9. The van der Waals surface area contributed by atoms with Crippen molar-refractivity contribution in [2.45, 2.75) is 69.7 Å². The topological polar surface area (TPSA) is 184 Å². The number of aromatic hydroxyl groups is 3. The molecule has 3 aromatic heterocycles. The maximum Gasteiger partial charge on any atom is 0.348 e. The molecule has 4 aliphatic rings. The third-order valence-electron chi connectivity index (χ3n) is 14.5. The SMILES string of the molecule is CC(C)c1cc(-c2n[nH]c(=O)n2-c2ccc(CN3CCN([C@H]4C[C@@H](COc5nc(N6CC7CCC(C6)N7)c6cnc(-c7cc(O)cc8ccccc78)c(F)c6n5)N(C)C4)CC3)cc2)c(O)cc1O. The summed E-state index contributed by atoms with van der Waals surface area (Å²) in [6.07, 6.45) is 4.76. The Balaban J connectivity index is 0.754. The van der Waals surface area contributed by atoms with E-state index in [4.69, 9.17) is 14.7 Å². The molecule has 16 nitrogen and oxygen atoms in total. The van der Waals surface area contributed by atoms with Gasteiger partial charge in [0.1, 0.15) is 40.9 Å². The Kier molecular flexibility index (Phi) is 11.5. The number of nitrogens with one attached hydrogen (secondary N) is 2. The van der Waals surface area contributed by atoms with Crippen molar-refractivity contribution >= 4 is 27.5 Å². The molecule has 7 heterocycles. The number of phenolic OH excluding ortho intramolecular Hbond substituents is 3. The minimum Gasteiger partial charge on any atom is -0.508 e. The molecule has 2 bridgehead atoms. The molecule has 0 radical (unpaired) electrons. The molecule has 11 rings (SSSR count). The third kappa shape index (κ3) is 8.26. The van der Waals surface area contributed by atoms with Crippen molar-refractivity contribution in [3.63, 3.8) is 0 Å². The van der Waals surface area contributed by atoms with Gasteiger partial charge in [0.15, 0.2) is 11.6 Å². The lowest BCUT2D eigenvalue weighted by molar-refractivity contribution is 0.0945. The summed E-state index contributed by atoms with van der Waals surface area (Å²) >= 11 is 0. The molecule has 4 fully saturated rings. The summed E-state index contributed by atoms with van der Waals surface area (Å²) in [7, 11) is 2.13. The second-order valence-electron chi connectivity index (χ2n) is 19.3. The van der Waals surface area contributed by atoms with Gasteiger partial charge in [-0.2, -0.15) is 15.1 Å². The highest BCUT2D eigenvalue weighted by atomic mass is 19.1. The van der Waals surface area contributed by atoms with Gasteiger partial charge in [-0.1, -0.05) is 50.2 Å². The number of pyridine rings is 1. The van der Waals surface area contributed by atoms with Crippen LogP contribution in [0.4, 0.5) is 10.2 Å². The number of fused-ring (bicyclic) bond motifs is 4. The summed E-state index contributed by atoms with van der Waals surface area (Å²) in [5.41, 5.74) is 3.07. The highest BCUT2D eigenvalue weighted by Gasteiger charge is 2.37. The van der Waals surface area contributed by atoms with E-state index in [2.05, 4.69) is 47.1 Å². The molecule has 2 unspecified atom stereocenters. The minimum absolute atomic E-state index is 0.000660. The lowest BCUT2D eigenvalue weighted by Gasteiger charge is -2.38. The fourth-order valence-corrected chi connectivity index (χ4v) is 10.9. The smallest absolute Gasteiger partial charge is 0.348 e. The summed E-state index contributed by atoms with van der Waals surface area (Å²) in [5.74, 6) is 0.182. The first-order chi connectivity index (χ1) is 32.9. The Labute approximate surface area is 392 Å². The summed E-state index contributed by atoms with van der Waals surface area (Å²) in [6, 6.07) is 22.9. The summed E-state index contributed by atoms with van der Waals surface area (Å²) < 4.78 is 24.9. The van der Waals surface area contributed by atoms with E-state index in [1.165, 1.54) is 10.6 Å². The number of piperazine rings is 2. The number of aromatic nitrogens is 6. The van der Waals surface area contributed by atoms with Crippen molar-refractivity contribution in [2.75, 3.05) is 64.4 Å². The van der Waals surface area contributed by atoms with Gasteiger partial charge in [-0.15, -0.1) is 0 Å². The fraction of sp³-hybridized carbons (Fsp3) is 0.392. The summed E-state index contributed by atoms with van der Waals surface area (Å²) in [6.45, 7) is 11.1. The van der Waals surface area contributed by atoms with E-state index in [0.29, 0.717) is 58.3 Å². The Morgan fingerprint density at radius 3 is 2.40 bits per heavy atom. The van der Waals surface area contributed by atoms with E-state index in [-0.39, 0.29) is 52.3 Å². The molecule has 4 aromatic carbocycles. The number of H-pyrrole nitrogens is 1. The van der Waals surface area contributed by atoms with Gasteiger partial charge in [-0.3, -0.25) is 19.7 Å². The average Bonchev–Trinajstić information content (AvgIpc) is 4.02. The number of likely N-dealkylation sites (tertiary alicyclic amines) is 1. The normalized spacial score (nSPS) is 21.5. The average molecular weight is 922 g/mol. The molecule has 7 aromatic rings. The molecular weight excluding hydrogens is 866 g/mol. The number of hydrogen-bond donors (Lipinski definition) is 5. The van der Waals surface area contributed by atoms with E-state index in [1.54, 1.807) is 24.4 Å². The number of phenols is 3. The van der Waals surface area contributed by atoms with Crippen LogP contribution in [0.1, 0.15) is 50.2 Å². The Morgan fingerprint density at radius 2 is 1.63 bits per heavy atom. The Bertz CT molecular complexity index is 3070. The fourth-order valence-electron chi connectivity index (χ4n) is 10.9. The van der Waals surface area contributed by atoms with Crippen molar-refractivity contribution in [2.24, 2.45) is 0 Å². The van der Waals surface area contributed by atoms with Crippen LogP contribution < -0.4 is 20.6 Å². The van der Waals surface area contributed by atoms with Crippen molar-refractivity contribution in [1.82, 2.24) is 49.7 Å². The molecular formula is C51H56FN11O5.